The number of benzene rings is 1. The lowest BCUT2D eigenvalue weighted by Gasteiger charge is -2.15. The number of hydrogen-bond donors (Lipinski definition) is 0. The molecule has 0 radical (unpaired) electrons. The summed E-state index contributed by atoms with van der Waals surface area (Å²) in [5, 5.41) is 8.78. The van der Waals surface area contributed by atoms with Crippen LogP contribution in [0.5, 0.6) is 0 Å². The molecule has 0 N–H and O–H groups in total. The van der Waals surface area contributed by atoms with Crippen LogP contribution in [0.1, 0.15) is 22.4 Å². The molecule has 0 bridgehead atoms. The van der Waals surface area contributed by atoms with Crippen molar-refractivity contribution in [2.75, 3.05) is 0 Å². The van der Waals surface area contributed by atoms with Crippen LogP contribution in [0.4, 0.5) is 0 Å². The fourth-order valence-electron chi connectivity index (χ4n) is 2.13. The number of rotatable bonds is 2. The Labute approximate surface area is 112 Å². The number of pyridine rings is 1. The SMILES string of the molecule is Cc1ccc(C)c(-n2cc(CC#N)c(=O)cc2C)c1. The third kappa shape index (κ3) is 2.58. The van der Waals surface area contributed by atoms with Crippen molar-refractivity contribution >= 4 is 0 Å². The third-order valence-corrected chi connectivity index (χ3v) is 3.22. The summed E-state index contributed by atoms with van der Waals surface area (Å²) in [6, 6.07) is 9.84. The molecule has 0 aliphatic heterocycles. The maximum absolute atomic E-state index is 11.8. The van der Waals surface area contributed by atoms with Crippen molar-refractivity contribution in [2.24, 2.45) is 0 Å². The summed E-state index contributed by atoms with van der Waals surface area (Å²) in [4.78, 5) is 11.8. The molecule has 2 aromatic rings. The van der Waals surface area contributed by atoms with Crippen LogP contribution in [0.25, 0.3) is 5.69 Å². The molecule has 0 spiro atoms. The molecule has 19 heavy (non-hydrogen) atoms. The smallest absolute Gasteiger partial charge is 0.186 e. The Morgan fingerprint density at radius 3 is 2.63 bits per heavy atom. The van der Waals surface area contributed by atoms with Crippen molar-refractivity contribution in [3.8, 4) is 11.8 Å². The van der Waals surface area contributed by atoms with Gasteiger partial charge in [0.15, 0.2) is 5.43 Å². The average molecular weight is 252 g/mol. The number of nitriles is 1. The van der Waals surface area contributed by atoms with Gasteiger partial charge in [0.2, 0.25) is 0 Å². The maximum atomic E-state index is 11.8. The predicted molar refractivity (Wildman–Crippen MR) is 75.6 cm³/mol. The molecule has 0 saturated heterocycles. The van der Waals surface area contributed by atoms with Crippen LogP contribution in [0.15, 0.2) is 35.3 Å². The summed E-state index contributed by atoms with van der Waals surface area (Å²) in [5.41, 5.74) is 4.70. The van der Waals surface area contributed by atoms with E-state index in [0.717, 1.165) is 16.9 Å². The van der Waals surface area contributed by atoms with Crippen molar-refractivity contribution in [3.63, 3.8) is 0 Å². The molecule has 0 atom stereocenters. The van der Waals surface area contributed by atoms with Gasteiger partial charge in [-0.3, -0.25) is 4.79 Å². The Hall–Kier alpha value is -2.34. The summed E-state index contributed by atoms with van der Waals surface area (Å²) in [6.45, 7) is 5.98. The fourth-order valence-corrected chi connectivity index (χ4v) is 2.13. The van der Waals surface area contributed by atoms with Gasteiger partial charge in [0.05, 0.1) is 12.5 Å². The van der Waals surface area contributed by atoms with E-state index in [1.165, 1.54) is 5.56 Å². The topological polar surface area (TPSA) is 45.8 Å². The predicted octanol–water partition coefficient (Wildman–Crippen LogP) is 2.83. The van der Waals surface area contributed by atoms with Gasteiger partial charge in [-0.15, -0.1) is 0 Å². The van der Waals surface area contributed by atoms with Gasteiger partial charge in [0.1, 0.15) is 0 Å². The van der Waals surface area contributed by atoms with Crippen LogP contribution in [-0.2, 0) is 6.42 Å². The Morgan fingerprint density at radius 2 is 1.95 bits per heavy atom. The Bertz CT molecular complexity index is 721. The van der Waals surface area contributed by atoms with Crippen LogP contribution in [0.2, 0.25) is 0 Å². The molecule has 0 fully saturated rings. The van der Waals surface area contributed by atoms with Crippen LogP contribution >= 0.6 is 0 Å². The van der Waals surface area contributed by atoms with E-state index in [4.69, 9.17) is 5.26 Å². The first-order valence-corrected chi connectivity index (χ1v) is 6.19. The largest absolute Gasteiger partial charge is 0.320 e. The highest BCUT2D eigenvalue weighted by Crippen LogP contribution is 2.17. The minimum Gasteiger partial charge on any atom is -0.320 e. The van der Waals surface area contributed by atoms with Gasteiger partial charge in [-0.25, -0.2) is 0 Å². The monoisotopic (exact) mass is 252 g/mol. The average Bonchev–Trinajstić information content (AvgIpc) is 2.36. The minimum absolute atomic E-state index is 0.0689. The molecular formula is C16H16N2O. The van der Waals surface area contributed by atoms with E-state index in [2.05, 4.69) is 18.2 Å². The van der Waals surface area contributed by atoms with Gasteiger partial charge in [-0.2, -0.15) is 5.26 Å². The van der Waals surface area contributed by atoms with Gasteiger partial charge < -0.3 is 4.57 Å². The van der Waals surface area contributed by atoms with Crippen molar-refractivity contribution in [1.82, 2.24) is 4.57 Å². The zero-order valence-electron chi connectivity index (χ0n) is 11.4. The summed E-state index contributed by atoms with van der Waals surface area (Å²) in [5.74, 6) is 0. The lowest BCUT2D eigenvalue weighted by molar-refractivity contribution is 0.938. The van der Waals surface area contributed by atoms with E-state index in [-0.39, 0.29) is 11.8 Å². The molecule has 3 heteroatoms. The molecule has 1 aromatic carbocycles. The molecular weight excluding hydrogens is 236 g/mol. The highest BCUT2D eigenvalue weighted by Gasteiger charge is 2.07. The number of nitrogens with zero attached hydrogens (tertiary/aromatic N) is 2. The summed E-state index contributed by atoms with van der Waals surface area (Å²) >= 11 is 0. The van der Waals surface area contributed by atoms with Crippen molar-refractivity contribution in [2.45, 2.75) is 27.2 Å². The number of aryl methyl sites for hydroxylation is 3. The van der Waals surface area contributed by atoms with E-state index in [1.54, 1.807) is 12.3 Å². The summed E-state index contributed by atoms with van der Waals surface area (Å²) < 4.78 is 1.98. The maximum Gasteiger partial charge on any atom is 0.186 e. The first-order valence-electron chi connectivity index (χ1n) is 6.19. The standard InChI is InChI=1S/C16H16N2O/c1-11-4-5-12(2)15(8-11)18-10-14(6-7-17)16(19)9-13(18)3/h4-5,8-10H,6H2,1-3H3. The van der Waals surface area contributed by atoms with E-state index in [1.807, 2.05) is 31.4 Å². The molecule has 0 aliphatic rings. The molecule has 96 valence electrons. The molecule has 0 unspecified atom stereocenters. The first-order chi connectivity index (χ1) is 9.02. The molecule has 0 saturated carbocycles. The normalized spacial score (nSPS) is 10.2. The second-order valence-electron chi connectivity index (χ2n) is 4.80. The van der Waals surface area contributed by atoms with Gasteiger partial charge in [-0.1, -0.05) is 12.1 Å². The van der Waals surface area contributed by atoms with E-state index in [0.29, 0.717) is 5.56 Å². The van der Waals surface area contributed by atoms with Gasteiger partial charge in [0.25, 0.3) is 0 Å². The number of aromatic nitrogens is 1. The van der Waals surface area contributed by atoms with Gasteiger partial charge in [-0.05, 0) is 38.0 Å². The van der Waals surface area contributed by atoms with Crippen LogP contribution in [0.3, 0.4) is 0 Å². The zero-order valence-corrected chi connectivity index (χ0v) is 11.4. The molecule has 0 aliphatic carbocycles. The Morgan fingerprint density at radius 1 is 1.21 bits per heavy atom. The highest BCUT2D eigenvalue weighted by molar-refractivity contribution is 5.45. The highest BCUT2D eigenvalue weighted by atomic mass is 16.1. The van der Waals surface area contributed by atoms with Crippen LogP contribution < -0.4 is 5.43 Å². The van der Waals surface area contributed by atoms with Crippen molar-refractivity contribution in [1.29, 1.82) is 5.26 Å². The van der Waals surface area contributed by atoms with E-state index in [9.17, 15) is 4.79 Å². The first kappa shape index (κ1) is 13.1. The second-order valence-corrected chi connectivity index (χ2v) is 4.80. The molecule has 1 aromatic heterocycles. The Kier molecular flexibility index (Phi) is 3.52. The summed E-state index contributed by atoms with van der Waals surface area (Å²) in [6.07, 6.45) is 1.92. The Balaban J connectivity index is 2.68. The van der Waals surface area contributed by atoms with Gasteiger partial charge >= 0.3 is 0 Å². The van der Waals surface area contributed by atoms with E-state index >= 15 is 0 Å². The molecule has 1 heterocycles. The molecule has 0 amide bonds. The quantitative estimate of drug-likeness (QED) is 0.825. The van der Waals surface area contributed by atoms with E-state index < -0.39 is 0 Å². The zero-order chi connectivity index (χ0) is 14.0. The fraction of sp³-hybridized carbons (Fsp3) is 0.250. The van der Waals surface area contributed by atoms with Gasteiger partial charge in [0, 0.05) is 29.2 Å². The van der Waals surface area contributed by atoms with Crippen molar-refractivity contribution in [3.05, 3.63) is 63.1 Å². The lowest BCUT2D eigenvalue weighted by Crippen LogP contribution is -2.14. The minimum atomic E-state index is -0.0689. The lowest BCUT2D eigenvalue weighted by atomic mass is 10.1. The molecule has 3 nitrogen and oxygen atoms in total. The second kappa shape index (κ2) is 5.11. The number of hydrogen-bond acceptors (Lipinski definition) is 2. The van der Waals surface area contributed by atoms with Crippen LogP contribution in [0, 0.1) is 32.1 Å². The molecule has 2 rings (SSSR count). The third-order valence-electron chi connectivity index (χ3n) is 3.22. The summed E-state index contributed by atoms with van der Waals surface area (Å²) in [7, 11) is 0. The van der Waals surface area contributed by atoms with Crippen molar-refractivity contribution < 1.29 is 0 Å². The van der Waals surface area contributed by atoms with Crippen LogP contribution in [-0.4, -0.2) is 4.57 Å².